The van der Waals surface area contributed by atoms with E-state index in [2.05, 4.69) is 154 Å². The van der Waals surface area contributed by atoms with E-state index in [1.54, 1.807) is 0 Å². The number of esters is 3. The van der Waals surface area contributed by atoms with Crippen molar-refractivity contribution < 1.29 is 28.6 Å². The lowest BCUT2D eigenvalue weighted by molar-refractivity contribution is -0.167. The summed E-state index contributed by atoms with van der Waals surface area (Å²) in [6, 6.07) is 0. The molecule has 0 aliphatic carbocycles. The Labute approximate surface area is 506 Å². The van der Waals surface area contributed by atoms with E-state index in [-0.39, 0.29) is 31.1 Å². The van der Waals surface area contributed by atoms with Gasteiger partial charge in [-0.1, -0.05) is 309 Å². The summed E-state index contributed by atoms with van der Waals surface area (Å²) < 4.78 is 16.9. The molecule has 0 saturated carbocycles. The van der Waals surface area contributed by atoms with Crippen molar-refractivity contribution >= 4 is 17.9 Å². The fraction of sp³-hybridized carbons (Fsp3) is 0.671. The fourth-order valence-electron chi connectivity index (χ4n) is 9.30. The number of allylic oxidation sites excluding steroid dienone is 22. The average Bonchev–Trinajstić information content (AvgIpc) is 3.48. The van der Waals surface area contributed by atoms with Crippen molar-refractivity contribution in [3.8, 4) is 0 Å². The molecule has 0 aromatic heterocycles. The van der Waals surface area contributed by atoms with Gasteiger partial charge in [0.25, 0.3) is 0 Å². The van der Waals surface area contributed by atoms with E-state index in [9.17, 15) is 14.4 Å². The Morgan fingerprint density at radius 1 is 0.256 bits per heavy atom. The van der Waals surface area contributed by atoms with Crippen LogP contribution in [-0.4, -0.2) is 37.2 Å². The van der Waals surface area contributed by atoms with Gasteiger partial charge < -0.3 is 14.2 Å². The summed E-state index contributed by atoms with van der Waals surface area (Å²) in [6.07, 6.45) is 97.7. The molecule has 466 valence electrons. The molecule has 0 heterocycles. The zero-order valence-electron chi connectivity index (χ0n) is 53.5. The topological polar surface area (TPSA) is 78.9 Å². The number of ether oxygens (including phenoxy) is 3. The zero-order chi connectivity index (χ0) is 59.2. The summed E-state index contributed by atoms with van der Waals surface area (Å²) in [7, 11) is 0. The highest BCUT2D eigenvalue weighted by Crippen LogP contribution is 2.17. The summed E-state index contributed by atoms with van der Waals surface area (Å²) in [4.78, 5) is 38.3. The first kappa shape index (κ1) is 77.5. The summed E-state index contributed by atoms with van der Waals surface area (Å²) in [5, 5.41) is 0. The van der Waals surface area contributed by atoms with E-state index in [0.29, 0.717) is 25.7 Å². The highest BCUT2D eigenvalue weighted by molar-refractivity contribution is 5.71. The lowest BCUT2D eigenvalue weighted by atomic mass is 10.0. The molecular formula is C76H126O6. The van der Waals surface area contributed by atoms with Gasteiger partial charge in [-0.25, -0.2) is 0 Å². The molecule has 0 N–H and O–H groups in total. The van der Waals surface area contributed by atoms with E-state index in [1.807, 2.05) is 0 Å². The van der Waals surface area contributed by atoms with Gasteiger partial charge in [-0.3, -0.25) is 14.4 Å². The van der Waals surface area contributed by atoms with Crippen LogP contribution in [-0.2, 0) is 28.6 Å². The quantitative estimate of drug-likeness (QED) is 0.0261. The van der Waals surface area contributed by atoms with Crippen molar-refractivity contribution in [3.63, 3.8) is 0 Å². The van der Waals surface area contributed by atoms with Crippen LogP contribution < -0.4 is 0 Å². The number of hydrogen-bond donors (Lipinski definition) is 0. The zero-order valence-corrected chi connectivity index (χ0v) is 53.5. The second-order valence-electron chi connectivity index (χ2n) is 22.4. The van der Waals surface area contributed by atoms with Gasteiger partial charge >= 0.3 is 17.9 Å². The molecule has 1 atom stereocenters. The number of unbranched alkanes of at least 4 members (excludes halogenated alkanes) is 28. The lowest BCUT2D eigenvalue weighted by Crippen LogP contribution is -2.30. The second kappa shape index (κ2) is 69.0. The normalized spacial score (nSPS) is 13.0. The van der Waals surface area contributed by atoms with Crippen molar-refractivity contribution in [2.24, 2.45) is 0 Å². The van der Waals surface area contributed by atoms with E-state index >= 15 is 0 Å². The Hall–Kier alpha value is -4.45. The van der Waals surface area contributed by atoms with Gasteiger partial charge in [0, 0.05) is 19.3 Å². The molecule has 0 aliphatic heterocycles. The molecule has 1 unspecified atom stereocenters. The van der Waals surface area contributed by atoms with Gasteiger partial charge in [-0.05, 0) is 116 Å². The standard InChI is InChI=1S/C76H126O6/c1-4-7-10-13-16-19-22-24-26-28-30-32-33-34-35-36-37-38-39-40-41-42-43-45-46-48-50-52-54-57-60-63-66-69-75(78)81-72-73(71-80-74(77)68-65-62-59-56-21-18-15-12-9-6-3)82-76(79)70-67-64-61-58-55-53-51-49-47-44-31-29-27-25-23-20-17-14-11-8-5-2/h7,10,12,15-16,19,24,26,30,32,34-35,37-38,40-41,43,45,48,50,54,57,73H,4-6,8-9,11,13-14,17-18,20-23,25,27-29,31,33,36,39,42,44,46-47,49,51-53,55-56,58-72H2,1-3H3/b10-7-,15-12-,19-16-,26-24-,32-30-,35-34-,38-37-,41-40-,45-43-,50-48-,57-54-. The van der Waals surface area contributed by atoms with Crippen molar-refractivity contribution in [2.45, 2.75) is 316 Å². The van der Waals surface area contributed by atoms with Crippen LogP contribution in [0.3, 0.4) is 0 Å². The van der Waals surface area contributed by atoms with E-state index in [4.69, 9.17) is 14.2 Å². The van der Waals surface area contributed by atoms with Crippen LogP contribution in [0.5, 0.6) is 0 Å². The summed E-state index contributed by atoms with van der Waals surface area (Å²) in [6.45, 7) is 6.44. The Morgan fingerprint density at radius 2 is 0.500 bits per heavy atom. The average molecular weight is 1140 g/mol. The monoisotopic (exact) mass is 1130 g/mol. The Balaban J connectivity index is 4.31. The minimum absolute atomic E-state index is 0.0968. The Morgan fingerprint density at radius 3 is 0.829 bits per heavy atom. The van der Waals surface area contributed by atoms with Crippen LogP contribution in [0.15, 0.2) is 134 Å². The van der Waals surface area contributed by atoms with Crippen LogP contribution in [0.1, 0.15) is 310 Å². The first-order valence-electron chi connectivity index (χ1n) is 34.2. The predicted octanol–water partition coefficient (Wildman–Crippen LogP) is 23.7. The van der Waals surface area contributed by atoms with Gasteiger partial charge in [-0.15, -0.1) is 0 Å². The molecule has 0 fully saturated rings. The summed E-state index contributed by atoms with van der Waals surface area (Å²) in [5.41, 5.74) is 0. The number of carbonyl (C=O) groups excluding carboxylic acids is 3. The molecule has 0 aromatic rings. The maximum atomic E-state index is 12.9. The van der Waals surface area contributed by atoms with Crippen LogP contribution in [0.25, 0.3) is 0 Å². The molecule has 0 aliphatic rings. The van der Waals surface area contributed by atoms with Crippen molar-refractivity contribution in [2.75, 3.05) is 13.2 Å². The molecule has 0 aromatic carbocycles. The van der Waals surface area contributed by atoms with Gasteiger partial charge in [0.05, 0.1) is 0 Å². The molecule has 0 radical (unpaired) electrons. The van der Waals surface area contributed by atoms with Crippen molar-refractivity contribution in [3.05, 3.63) is 134 Å². The van der Waals surface area contributed by atoms with E-state index in [1.165, 1.54) is 128 Å². The molecule has 0 rings (SSSR count). The minimum Gasteiger partial charge on any atom is -0.462 e. The maximum Gasteiger partial charge on any atom is 0.306 e. The first-order chi connectivity index (χ1) is 40.5. The molecule has 0 saturated heterocycles. The molecular weight excluding hydrogens is 1010 g/mol. The third kappa shape index (κ3) is 66.4. The lowest BCUT2D eigenvalue weighted by Gasteiger charge is -2.18. The van der Waals surface area contributed by atoms with Gasteiger partial charge in [0.15, 0.2) is 6.10 Å². The molecule has 6 heteroatoms. The maximum absolute atomic E-state index is 12.9. The van der Waals surface area contributed by atoms with Gasteiger partial charge in [0.1, 0.15) is 13.2 Å². The van der Waals surface area contributed by atoms with Gasteiger partial charge in [0.2, 0.25) is 0 Å². The van der Waals surface area contributed by atoms with Gasteiger partial charge in [-0.2, -0.15) is 0 Å². The number of carbonyl (C=O) groups is 3. The molecule has 6 nitrogen and oxygen atoms in total. The largest absolute Gasteiger partial charge is 0.462 e. The highest BCUT2D eigenvalue weighted by atomic mass is 16.6. The fourth-order valence-corrected chi connectivity index (χ4v) is 9.30. The molecule has 0 amide bonds. The highest BCUT2D eigenvalue weighted by Gasteiger charge is 2.19. The van der Waals surface area contributed by atoms with Crippen molar-refractivity contribution in [1.82, 2.24) is 0 Å². The smallest absolute Gasteiger partial charge is 0.306 e. The third-order valence-corrected chi connectivity index (χ3v) is 14.4. The Bertz CT molecular complexity index is 1730. The number of rotatable bonds is 61. The summed E-state index contributed by atoms with van der Waals surface area (Å²) >= 11 is 0. The molecule has 0 spiro atoms. The van der Waals surface area contributed by atoms with Crippen LogP contribution in [0.2, 0.25) is 0 Å². The first-order valence-corrected chi connectivity index (χ1v) is 34.2. The van der Waals surface area contributed by atoms with Crippen LogP contribution in [0, 0.1) is 0 Å². The van der Waals surface area contributed by atoms with E-state index in [0.717, 1.165) is 135 Å². The second-order valence-corrected chi connectivity index (χ2v) is 22.4. The minimum atomic E-state index is -0.802. The molecule has 0 bridgehead atoms. The van der Waals surface area contributed by atoms with E-state index < -0.39 is 6.10 Å². The molecule has 82 heavy (non-hydrogen) atoms. The van der Waals surface area contributed by atoms with Crippen molar-refractivity contribution in [1.29, 1.82) is 0 Å². The SMILES string of the molecule is CC/C=C\C/C=C\C/C=C\C/C=C\C/C=C\C/C=C\C/C=C\C/C=C\C/C=C\C/C=C\CCCCC(=O)OCC(COC(=O)CCCCCCC/C=C\CCC)OC(=O)CCCCCCCCCCCCCCCCCCCCCCC. The van der Waals surface area contributed by atoms with Crippen LogP contribution in [0.4, 0.5) is 0 Å². The Kier molecular flexibility index (Phi) is 65.3. The van der Waals surface area contributed by atoms with Crippen LogP contribution >= 0.6 is 0 Å². The summed E-state index contributed by atoms with van der Waals surface area (Å²) in [5.74, 6) is -0.945. The predicted molar refractivity (Wildman–Crippen MR) is 357 cm³/mol. The third-order valence-electron chi connectivity index (χ3n) is 14.4. The number of hydrogen-bond acceptors (Lipinski definition) is 6.